The normalized spacial score (nSPS) is 19.1. The monoisotopic (exact) mass is 258 g/mol. The van der Waals surface area contributed by atoms with Crippen LogP contribution in [0.4, 0.5) is 5.82 Å². The summed E-state index contributed by atoms with van der Waals surface area (Å²) in [6.07, 6.45) is 3.33. The number of ether oxygens (including phenoxy) is 1. The minimum Gasteiger partial charge on any atom is -0.385 e. The van der Waals surface area contributed by atoms with Crippen LogP contribution in [-0.2, 0) is 11.3 Å². The lowest BCUT2D eigenvalue weighted by Gasteiger charge is -2.14. The van der Waals surface area contributed by atoms with Crippen LogP contribution >= 0.6 is 0 Å². The molecule has 1 aromatic heterocycles. The molecular formula is C15H18N2O2. The Balaban J connectivity index is 1.91. The first-order valence-electron chi connectivity index (χ1n) is 6.75. The highest BCUT2D eigenvalue weighted by atomic mass is 16.5. The van der Waals surface area contributed by atoms with E-state index in [2.05, 4.69) is 0 Å². The maximum absolute atomic E-state index is 12.4. The maximum atomic E-state index is 12.4. The molecule has 3 rings (SSSR count). The summed E-state index contributed by atoms with van der Waals surface area (Å²) >= 11 is 0. The molecule has 4 nitrogen and oxygen atoms in total. The maximum Gasteiger partial charge on any atom is 0.259 e. The van der Waals surface area contributed by atoms with Gasteiger partial charge in [0.1, 0.15) is 5.82 Å². The zero-order valence-electron chi connectivity index (χ0n) is 10.8. The number of aromatic nitrogens is 1. The molecule has 2 aromatic rings. The molecule has 0 aliphatic carbocycles. The van der Waals surface area contributed by atoms with Crippen LogP contribution < -0.4 is 11.3 Å². The largest absolute Gasteiger partial charge is 0.385 e. The second kappa shape index (κ2) is 5.05. The Morgan fingerprint density at radius 1 is 1.37 bits per heavy atom. The van der Waals surface area contributed by atoms with Crippen LogP contribution in [0.15, 0.2) is 35.1 Å². The summed E-state index contributed by atoms with van der Waals surface area (Å²) in [6, 6.07) is 9.42. The number of hydrogen-bond donors (Lipinski definition) is 1. The molecule has 1 fully saturated rings. The van der Waals surface area contributed by atoms with Crippen LogP contribution in [0, 0.1) is 0 Å². The van der Waals surface area contributed by atoms with Crippen molar-refractivity contribution in [2.24, 2.45) is 0 Å². The fourth-order valence-corrected chi connectivity index (χ4v) is 2.69. The number of rotatable bonds is 3. The van der Waals surface area contributed by atoms with Crippen molar-refractivity contribution in [3.8, 4) is 0 Å². The summed E-state index contributed by atoms with van der Waals surface area (Å²) in [5, 5.41) is 1.63. The van der Waals surface area contributed by atoms with Crippen LogP contribution in [0.3, 0.4) is 0 Å². The van der Waals surface area contributed by atoms with Gasteiger partial charge in [0.25, 0.3) is 5.56 Å². The Hall–Kier alpha value is -1.81. The smallest absolute Gasteiger partial charge is 0.259 e. The summed E-state index contributed by atoms with van der Waals surface area (Å²) in [7, 11) is 0. The standard InChI is InChI=1S/C15H18N2O2/c16-14-10-11-4-1-2-6-13(11)15(18)17(14)8-7-12-5-3-9-19-12/h1-2,4,6,10,12H,3,5,7-9,16H2. The first-order valence-corrected chi connectivity index (χ1v) is 6.75. The number of nitrogens with zero attached hydrogens (tertiary/aromatic N) is 1. The Bertz CT molecular complexity index is 642. The number of pyridine rings is 1. The number of hydrogen-bond acceptors (Lipinski definition) is 3. The Morgan fingerprint density at radius 2 is 2.21 bits per heavy atom. The van der Waals surface area contributed by atoms with Crippen LogP contribution in [0.5, 0.6) is 0 Å². The number of fused-ring (bicyclic) bond motifs is 1. The van der Waals surface area contributed by atoms with Crippen LogP contribution in [0.2, 0.25) is 0 Å². The molecule has 0 saturated carbocycles. The third-order valence-electron chi connectivity index (χ3n) is 3.75. The Morgan fingerprint density at radius 3 is 3.00 bits per heavy atom. The molecule has 0 amide bonds. The topological polar surface area (TPSA) is 57.2 Å². The van der Waals surface area contributed by atoms with Gasteiger partial charge in [-0.2, -0.15) is 0 Å². The van der Waals surface area contributed by atoms with E-state index in [1.165, 1.54) is 0 Å². The van der Waals surface area contributed by atoms with Crippen LogP contribution in [0.1, 0.15) is 19.3 Å². The lowest BCUT2D eigenvalue weighted by molar-refractivity contribution is 0.100. The fourth-order valence-electron chi connectivity index (χ4n) is 2.69. The van der Waals surface area contributed by atoms with Crippen molar-refractivity contribution in [2.45, 2.75) is 31.9 Å². The van der Waals surface area contributed by atoms with Crippen molar-refractivity contribution in [1.29, 1.82) is 0 Å². The second-order valence-electron chi connectivity index (χ2n) is 5.04. The van der Waals surface area contributed by atoms with Gasteiger partial charge in [-0.1, -0.05) is 18.2 Å². The molecule has 0 spiro atoms. The van der Waals surface area contributed by atoms with Gasteiger partial charge < -0.3 is 10.5 Å². The van der Waals surface area contributed by atoms with Gasteiger partial charge in [0.15, 0.2) is 0 Å². The molecule has 2 N–H and O–H groups in total. The predicted octanol–water partition coefficient (Wildman–Crippen LogP) is 2.15. The number of benzene rings is 1. The number of nitrogens with two attached hydrogens (primary N) is 1. The van der Waals surface area contributed by atoms with Gasteiger partial charge in [-0.05, 0) is 36.8 Å². The summed E-state index contributed by atoms with van der Waals surface area (Å²) in [5.41, 5.74) is 5.99. The highest BCUT2D eigenvalue weighted by molar-refractivity contribution is 5.83. The van der Waals surface area contributed by atoms with Crippen molar-refractivity contribution < 1.29 is 4.74 Å². The molecular weight excluding hydrogens is 240 g/mol. The molecule has 19 heavy (non-hydrogen) atoms. The first kappa shape index (κ1) is 12.2. The third kappa shape index (κ3) is 2.36. The van der Waals surface area contributed by atoms with Gasteiger partial charge in [-0.3, -0.25) is 9.36 Å². The summed E-state index contributed by atoms with van der Waals surface area (Å²) in [5.74, 6) is 0.529. The lowest BCUT2D eigenvalue weighted by atomic mass is 10.1. The molecule has 0 bridgehead atoms. The average Bonchev–Trinajstić information content (AvgIpc) is 2.92. The molecule has 2 heterocycles. The van der Waals surface area contributed by atoms with E-state index in [1.807, 2.05) is 30.3 Å². The zero-order chi connectivity index (χ0) is 13.2. The van der Waals surface area contributed by atoms with E-state index in [1.54, 1.807) is 4.57 Å². The van der Waals surface area contributed by atoms with Crippen LogP contribution in [0.25, 0.3) is 10.8 Å². The first-order chi connectivity index (χ1) is 9.25. The van der Waals surface area contributed by atoms with E-state index < -0.39 is 0 Å². The second-order valence-corrected chi connectivity index (χ2v) is 5.04. The Labute approximate surface area is 111 Å². The van der Waals surface area contributed by atoms with Crippen molar-refractivity contribution >= 4 is 16.6 Å². The molecule has 4 heteroatoms. The van der Waals surface area contributed by atoms with Crippen molar-refractivity contribution in [1.82, 2.24) is 4.57 Å². The van der Waals surface area contributed by atoms with Gasteiger partial charge >= 0.3 is 0 Å². The van der Waals surface area contributed by atoms with E-state index in [0.717, 1.165) is 36.6 Å². The molecule has 100 valence electrons. The summed E-state index contributed by atoms with van der Waals surface area (Å²) in [4.78, 5) is 12.4. The van der Waals surface area contributed by atoms with Gasteiger partial charge in [0.2, 0.25) is 0 Å². The zero-order valence-corrected chi connectivity index (χ0v) is 10.8. The SMILES string of the molecule is Nc1cc2ccccc2c(=O)n1CCC1CCCO1. The summed E-state index contributed by atoms with van der Waals surface area (Å²) in [6.45, 7) is 1.47. The van der Waals surface area contributed by atoms with Crippen LogP contribution in [-0.4, -0.2) is 17.3 Å². The number of anilines is 1. The average molecular weight is 258 g/mol. The molecule has 1 saturated heterocycles. The molecule has 1 aliphatic rings. The van der Waals surface area contributed by atoms with E-state index in [4.69, 9.17) is 10.5 Å². The Kier molecular flexibility index (Phi) is 3.25. The van der Waals surface area contributed by atoms with Crippen molar-refractivity contribution in [3.05, 3.63) is 40.7 Å². The molecule has 0 radical (unpaired) electrons. The molecule has 1 aromatic carbocycles. The van der Waals surface area contributed by atoms with Crippen molar-refractivity contribution in [2.75, 3.05) is 12.3 Å². The lowest BCUT2D eigenvalue weighted by Crippen LogP contribution is -2.25. The van der Waals surface area contributed by atoms with E-state index >= 15 is 0 Å². The minimum absolute atomic E-state index is 0.00593. The quantitative estimate of drug-likeness (QED) is 0.917. The minimum atomic E-state index is -0.00593. The van der Waals surface area contributed by atoms with Gasteiger partial charge in [-0.15, -0.1) is 0 Å². The highest BCUT2D eigenvalue weighted by Gasteiger charge is 2.16. The van der Waals surface area contributed by atoms with Crippen molar-refractivity contribution in [3.63, 3.8) is 0 Å². The highest BCUT2D eigenvalue weighted by Crippen LogP contribution is 2.18. The molecule has 1 atom stereocenters. The van der Waals surface area contributed by atoms with E-state index in [-0.39, 0.29) is 11.7 Å². The predicted molar refractivity (Wildman–Crippen MR) is 76.2 cm³/mol. The molecule has 1 aliphatic heterocycles. The third-order valence-corrected chi connectivity index (χ3v) is 3.75. The van der Waals surface area contributed by atoms with E-state index in [0.29, 0.717) is 12.4 Å². The molecule has 1 unspecified atom stereocenters. The van der Waals surface area contributed by atoms with Gasteiger partial charge in [-0.25, -0.2) is 0 Å². The fraction of sp³-hybridized carbons (Fsp3) is 0.400. The summed E-state index contributed by atoms with van der Waals surface area (Å²) < 4.78 is 7.24. The van der Waals surface area contributed by atoms with Gasteiger partial charge in [0.05, 0.1) is 6.10 Å². The number of nitrogen functional groups attached to an aromatic ring is 1. The van der Waals surface area contributed by atoms with E-state index in [9.17, 15) is 4.79 Å². The van der Waals surface area contributed by atoms with Gasteiger partial charge in [0, 0.05) is 18.5 Å².